The molecular formula is C18H18N2O2. The van der Waals surface area contributed by atoms with Gasteiger partial charge in [-0.3, -0.25) is 0 Å². The Morgan fingerprint density at radius 1 is 1.14 bits per heavy atom. The van der Waals surface area contributed by atoms with Gasteiger partial charge in [0.1, 0.15) is 25.5 Å². The van der Waals surface area contributed by atoms with Crippen LogP contribution in [0.5, 0.6) is 5.75 Å². The predicted octanol–water partition coefficient (Wildman–Crippen LogP) is 3.76. The van der Waals surface area contributed by atoms with E-state index < -0.39 is 0 Å². The summed E-state index contributed by atoms with van der Waals surface area (Å²) in [6.07, 6.45) is 0. The van der Waals surface area contributed by atoms with Crippen molar-refractivity contribution >= 4 is 5.71 Å². The van der Waals surface area contributed by atoms with E-state index in [1.807, 2.05) is 49.4 Å². The molecule has 2 aromatic carbocycles. The van der Waals surface area contributed by atoms with Gasteiger partial charge in [-0.1, -0.05) is 41.6 Å². The first-order valence-electron chi connectivity index (χ1n) is 6.96. The van der Waals surface area contributed by atoms with Gasteiger partial charge in [-0.05, 0) is 36.6 Å². The van der Waals surface area contributed by atoms with Crippen molar-refractivity contribution in [2.45, 2.75) is 20.5 Å². The third-order valence-corrected chi connectivity index (χ3v) is 3.50. The number of benzene rings is 2. The average molecular weight is 294 g/mol. The lowest BCUT2D eigenvalue weighted by atomic mass is 10.0. The first-order valence-corrected chi connectivity index (χ1v) is 6.96. The predicted molar refractivity (Wildman–Crippen MR) is 85.8 cm³/mol. The van der Waals surface area contributed by atoms with Crippen LogP contribution in [-0.4, -0.2) is 12.8 Å². The molecule has 0 saturated heterocycles. The topological polar surface area (TPSA) is 54.6 Å². The largest absolute Gasteiger partial charge is 0.489 e. The molecule has 0 fully saturated rings. The van der Waals surface area contributed by atoms with Gasteiger partial charge >= 0.3 is 0 Å². The number of rotatable bonds is 5. The lowest BCUT2D eigenvalue weighted by Gasteiger charge is -2.12. The highest BCUT2D eigenvalue weighted by molar-refractivity contribution is 6.12. The number of hydrogen-bond acceptors (Lipinski definition) is 4. The van der Waals surface area contributed by atoms with Crippen molar-refractivity contribution in [3.8, 4) is 11.8 Å². The fraction of sp³-hybridized carbons (Fsp3) is 0.222. The first-order chi connectivity index (χ1) is 10.7. The standard InChI is InChI=1S/C18H18N2O2/c1-13-7-6-10-18(14(13)2)22-12-15-8-4-5-9-16(15)17(11-19)20-21-3/h4-10H,12H2,1-3H3/b20-17-. The Labute approximate surface area is 130 Å². The summed E-state index contributed by atoms with van der Waals surface area (Å²) < 4.78 is 5.91. The van der Waals surface area contributed by atoms with Crippen LogP contribution in [0.25, 0.3) is 0 Å². The quantitative estimate of drug-likeness (QED) is 0.623. The van der Waals surface area contributed by atoms with E-state index in [2.05, 4.69) is 18.1 Å². The highest BCUT2D eigenvalue weighted by Gasteiger charge is 2.10. The van der Waals surface area contributed by atoms with Crippen LogP contribution in [0.1, 0.15) is 22.3 Å². The highest BCUT2D eigenvalue weighted by atomic mass is 16.6. The van der Waals surface area contributed by atoms with Crippen molar-refractivity contribution < 1.29 is 9.57 Å². The fourth-order valence-corrected chi connectivity index (χ4v) is 2.13. The molecule has 2 rings (SSSR count). The SMILES string of the molecule is CO/N=C(/C#N)c1ccccc1COc1cccc(C)c1C. The molecule has 4 heteroatoms. The molecule has 0 N–H and O–H groups in total. The van der Waals surface area contributed by atoms with E-state index in [-0.39, 0.29) is 5.71 Å². The third kappa shape index (κ3) is 3.44. The number of oxime groups is 1. The molecule has 4 nitrogen and oxygen atoms in total. The van der Waals surface area contributed by atoms with Gasteiger partial charge in [0.2, 0.25) is 0 Å². The average Bonchev–Trinajstić information content (AvgIpc) is 2.54. The van der Waals surface area contributed by atoms with Gasteiger partial charge in [-0.25, -0.2) is 0 Å². The zero-order valence-corrected chi connectivity index (χ0v) is 13.0. The molecule has 0 radical (unpaired) electrons. The smallest absolute Gasteiger partial charge is 0.187 e. The van der Waals surface area contributed by atoms with Crippen LogP contribution in [0.15, 0.2) is 47.6 Å². The van der Waals surface area contributed by atoms with Crippen LogP contribution < -0.4 is 4.74 Å². The summed E-state index contributed by atoms with van der Waals surface area (Å²) in [4.78, 5) is 4.73. The molecule has 0 aliphatic carbocycles. The van der Waals surface area contributed by atoms with Gasteiger partial charge in [0, 0.05) is 5.56 Å². The van der Waals surface area contributed by atoms with E-state index in [0.29, 0.717) is 6.61 Å². The van der Waals surface area contributed by atoms with Crippen molar-refractivity contribution in [3.05, 3.63) is 64.7 Å². The van der Waals surface area contributed by atoms with Crippen molar-refractivity contribution in [2.24, 2.45) is 5.16 Å². The molecule has 0 aliphatic rings. The molecular weight excluding hydrogens is 276 g/mol. The second-order valence-electron chi connectivity index (χ2n) is 4.88. The molecule has 0 atom stereocenters. The molecule has 0 saturated carbocycles. The maximum absolute atomic E-state index is 9.20. The lowest BCUT2D eigenvalue weighted by molar-refractivity contribution is 0.214. The Balaban J connectivity index is 2.26. The minimum atomic E-state index is 0.239. The fourth-order valence-electron chi connectivity index (χ4n) is 2.13. The van der Waals surface area contributed by atoms with E-state index in [1.54, 1.807) is 0 Å². The van der Waals surface area contributed by atoms with Crippen molar-refractivity contribution in [1.29, 1.82) is 5.26 Å². The van der Waals surface area contributed by atoms with Crippen LogP contribution in [0.3, 0.4) is 0 Å². The van der Waals surface area contributed by atoms with Crippen molar-refractivity contribution in [3.63, 3.8) is 0 Å². The first kappa shape index (κ1) is 15.6. The van der Waals surface area contributed by atoms with Gasteiger partial charge in [0.25, 0.3) is 0 Å². The summed E-state index contributed by atoms with van der Waals surface area (Å²) >= 11 is 0. The van der Waals surface area contributed by atoms with Gasteiger partial charge in [-0.15, -0.1) is 0 Å². The maximum Gasteiger partial charge on any atom is 0.187 e. The Morgan fingerprint density at radius 3 is 2.64 bits per heavy atom. The third-order valence-electron chi connectivity index (χ3n) is 3.50. The van der Waals surface area contributed by atoms with Crippen LogP contribution in [0, 0.1) is 25.2 Å². The number of nitriles is 1. The Morgan fingerprint density at radius 2 is 1.91 bits per heavy atom. The van der Waals surface area contributed by atoms with E-state index >= 15 is 0 Å². The Kier molecular flexibility index (Phi) is 5.16. The monoisotopic (exact) mass is 294 g/mol. The van der Waals surface area contributed by atoms with Crippen LogP contribution in [0.2, 0.25) is 0 Å². The summed E-state index contributed by atoms with van der Waals surface area (Å²) in [5.41, 5.74) is 4.15. The summed E-state index contributed by atoms with van der Waals surface area (Å²) in [5, 5.41) is 13.0. The minimum Gasteiger partial charge on any atom is -0.489 e. The molecule has 0 heterocycles. The molecule has 0 spiro atoms. The molecule has 0 aliphatic heterocycles. The lowest BCUT2D eigenvalue weighted by Crippen LogP contribution is -2.06. The Bertz CT molecular complexity index is 730. The summed E-state index contributed by atoms with van der Waals surface area (Å²) in [5.74, 6) is 0.844. The zero-order valence-electron chi connectivity index (χ0n) is 13.0. The summed E-state index contributed by atoms with van der Waals surface area (Å²) in [6.45, 7) is 4.45. The molecule has 0 bridgehead atoms. The minimum absolute atomic E-state index is 0.239. The number of hydrogen-bond donors (Lipinski definition) is 0. The molecule has 0 unspecified atom stereocenters. The van der Waals surface area contributed by atoms with Gasteiger partial charge in [0.05, 0.1) is 0 Å². The summed E-state index contributed by atoms with van der Waals surface area (Å²) in [7, 11) is 1.42. The summed E-state index contributed by atoms with van der Waals surface area (Å²) in [6, 6.07) is 15.5. The molecule has 0 amide bonds. The molecule has 0 aromatic heterocycles. The van der Waals surface area contributed by atoms with E-state index in [0.717, 1.165) is 22.4 Å². The number of ether oxygens (including phenoxy) is 1. The second kappa shape index (κ2) is 7.28. The van der Waals surface area contributed by atoms with Gasteiger partial charge in [0.15, 0.2) is 5.71 Å². The maximum atomic E-state index is 9.20. The molecule has 22 heavy (non-hydrogen) atoms. The van der Waals surface area contributed by atoms with Gasteiger partial charge in [-0.2, -0.15) is 5.26 Å². The van der Waals surface area contributed by atoms with Crippen LogP contribution in [0.4, 0.5) is 0 Å². The van der Waals surface area contributed by atoms with Crippen molar-refractivity contribution in [1.82, 2.24) is 0 Å². The molecule has 112 valence electrons. The van der Waals surface area contributed by atoms with Crippen molar-refractivity contribution in [2.75, 3.05) is 7.11 Å². The van der Waals surface area contributed by atoms with E-state index in [4.69, 9.17) is 9.57 Å². The van der Waals surface area contributed by atoms with Crippen LogP contribution >= 0.6 is 0 Å². The highest BCUT2D eigenvalue weighted by Crippen LogP contribution is 2.22. The normalized spacial score (nSPS) is 10.9. The number of nitrogens with zero attached hydrogens (tertiary/aromatic N) is 2. The zero-order chi connectivity index (χ0) is 15.9. The van der Waals surface area contributed by atoms with Gasteiger partial charge < -0.3 is 9.57 Å². The van der Waals surface area contributed by atoms with E-state index in [9.17, 15) is 5.26 Å². The molecule has 2 aromatic rings. The van der Waals surface area contributed by atoms with Crippen LogP contribution in [-0.2, 0) is 11.4 Å². The van der Waals surface area contributed by atoms with E-state index in [1.165, 1.54) is 12.7 Å². The second-order valence-corrected chi connectivity index (χ2v) is 4.88. The number of aryl methyl sites for hydroxylation is 1. The Hall–Kier alpha value is -2.80.